The molecule has 1 amide bonds. The van der Waals surface area contributed by atoms with E-state index < -0.39 is 0 Å². The minimum Gasteiger partial charge on any atom is -0.493 e. The highest BCUT2D eigenvalue weighted by Crippen LogP contribution is 2.36. The molecule has 0 aliphatic carbocycles. The average Bonchev–Trinajstić information content (AvgIpc) is 2.98. The summed E-state index contributed by atoms with van der Waals surface area (Å²) in [5.74, 6) is 0.0566. The molecule has 0 fully saturated rings. The molecule has 3 rings (SSSR count). The first kappa shape index (κ1) is 12.9. The van der Waals surface area contributed by atoms with Gasteiger partial charge in [-0.1, -0.05) is 24.8 Å². The normalized spacial score (nSPS) is 15.4. The Morgan fingerprint density at radius 2 is 2.30 bits per heavy atom. The zero-order chi connectivity index (χ0) is 14.1. The Morgan fingerprint density at radius 3 is 3.00 bits per heavy atom. The third-order valence-electron chi connectivity index (χ3n) is 3.01. The number of aromatic amines is 1. The number of hydrogen-bond acceptors (Lipinski definition) is 5. The number of thioether (sulfide) groups is 1. The second-order valence-corrected chi connectivity index (χ2v) is 5.27. The average molecular weight is 288 g/mol. The minimum atomic E-state index is -0.208. The first-order valence-electron chi connectivity index (χ1n) is 6.17. The van der Waals surface area contributed by atoms with Crippen molar-refractivity contribution in [2.75, 3.05) is 5.75 Å². The molecule has 1 aromatic heterocycles. The van der Waals surface area contributed by atoms with Crippen LogP contribution in [0.3, 0.4) is 0 Å². The van der Waals surface area contributed by atoms with Crippen LogP contribution >= 0.6 is 11.8 Å². The number of amides is 1. The molecule has 0 spiro atoms. The van der Waals surface area contributed by atoms with Crippen LogP contribution in [0.4, 0.5) is 5.69 Å². The molecular weight excluding hydrogens is 276 g/mol. The maximum atomic E-state index is 11.0. The maximum absolute atomic E-state index is 11.0. The molecule has 1 aliphatic heterocycles. The van der Waals surface area contributed by atoms with E-state index in [-0.39, 0.29) is 11.8 Å². The Balaban J connectivity index is 2.02. The molecule has 2 N–H and O–H groups in total. The van der Waals surface area contributed by atoms with Gasteiger partial charge in [0, 0.05) is 5.39 Å². The fourth-order valence-electron chi connectivity index (χ4n) is 1.97. The molecule has 0 saturated carbocycles. The van der Waals surface area contributed by atoms with Gasteiger partial charge in [-0.3, -0.25) is 4.79 Å². The Morgan fingerprint density at radius 1 is 1.45 bits per heavy atom. The first-order chi connectivity index (χ1) is 9.67. The van der Waals surface area contributed by atoms with Gasteiger partial charge in [0.15, 0.2) is 5.69 Å². The number of nitrogens with one attached hydrogen (secondary N) is 1. The molecule has 0 radical (unpaired) electrons. The topological polar surface area (TPSA) is 90.2 Å². The summed E-state index contributed by atoms with van der Waals surface area (Å²) in [6.07, 6.45) is 0.898. The van der Waals surface area contributed by atoms with E-state index in [4.69, 9.17) is 0 Å². The van der Waals surface area contributed by atoms with E-state index in [1.807, 2.05) is 18.2 Å². The van der Waals surface area contributed by atoms with Gasteiger partial charge in [-0.05, 0) is 24.1 Å². The number of H-pyrrole nitrogens is 1. The predicted molar refractivity (Wildman–Crippen MR) is 78.8 cm³/mol. The highest BCUT2D eigenvalue weighted by atomic mass is 32.2. The zero-order valence-corrected chi connectivity index (χ0v) is 11.6. The van der Waals surface area contributed by atoms with Crippen LogP contribution in [-0.4, -0.2) is 26.9 Å². The molecule has 0 saturated heterocycles. The van der Waals surface area contributed by atoms with E-state index in [0.29, 0.717) is 16.6 Å². The largest absolute Gasteiger partial charge is 0.493 e. The highest BCUT2D eigenvalue weighted by molar-refractivity contribution is 8.14. The fourth-order valence-corrected chi connectivity index (χ4v) is 2.56. The molecule has 2 heterocycles. The number of aliphatic imine (C=N–C) groups is 1. The Kier molecular flexibility index (Phi) is 3.27. The number of amidine groups is 1. The number of benzene rings is 1. The van der Waals surface area contributed by atoms with Crippen LogP contribution in [0, 0.1) is 0 Å². The minimum absolute atomic E-state index is 0.0353. The third-order valence-corrected chi connectivity index (χ3v) is 3.83. The van der Waals surface area contributed by atoms with Crippen molar-refractivity contribution in [1.29, 1.82) is 0 Å². The summed E-state index contributed by atoms with van der Waals surface area (Å²) in [7, 11) is 0. The number of aromatic nitrogens is 1. The zero-order valence-electron chi connectivity index (χ0n) is 10.8. The van der Waals surface area contributed by atoms with Crippen molar-refractivity contribution >= 4 is 39.4 Å². The molecule has 0 bridgehead atoms. The van der Waals surface area contributed by atoms with Crippen LogP contribution in [0.5, 0.6) is 5.88 Å². The van der Waals surface area contributed by atoms with Gasteiger partial charge in [-0.15, -0.1) is 10.2 Å². The molecule has 102 valence electrons. The predicted octanol–water partition coefficient (Wildman–Crippen LogP) is 3.15. The molecule has 0 unspecified atom stereocenters. The third kappa shape index (κ3) is 2.32. The van der Waals surface area contributed by atoms with E-state index >= 15 is 0 Å². The van der Waals surface area contributed by atoms with Crippen molar-refractivity contribution in [1.82, 2.24) is 4.98 Å². The lowest BCUT2D eigenvalue weighted by molar-refractivity contribution is -0.115. The Labute approximate surface area is 119 Å². The van der Waals surface area contributed by atoms with Crippen LogP contribution in [-0.2, 0) is 11.2 Å². The van der Waals surface area contributed by atoms with Crippen molar-refractivity contribution in [3.63, 3.8) is 0 Å². The van der Waals surface area contributed by atoms with Gasteiger partial charge >= 0.3 is 0 Å². The monoisotopic (exact) mass is 288 g/mol. The Hall–Kier alpha value is -2.15. The number of aryl methyl sites for hydroxylation is 1. The molecular formula is C13H12N4O2S. The van der Waals surface area contributed by atoms with Crippen LogP contribution < -0.4 is 0 Å². The van der Waals surface area contributed by atoms with Gasteiger partial charge in [0.05, 0.1) is 11.3 Å². The summed E-state index contributed by atoms with van der Waals surface area (Å²) in [6.45, 7) is 2.06. The lowest BCUT2D eigenvalue weighted by Crippen LogP contribution is -1.86. The van der Waals surface area contributed by atoms with E-state index in [2.05, 4.69) is 27.1 Å². The second kappa shape index (κ2) is 5.09. The summed E-state index contributed by atoms with van der Waals surface area (Å²) in [4.78, 5) is 17.6. The van der Waals surface area contributed by atoms with E-state index in [0.717, 1.165) is 22.9 Å². The smallest absolute Gasteiger partial charge is 0.258 e. The van der Waals surface area contributed by atoms with Crippen LogP contribution in [0.1, 0.15) is 12.5 Å². The van der Waals surface area contributed by atoms with Gasteiger partial charge in [-0.2, -0.15) is 4.99 Å². The summed E-state index contributed by atoms with van der Waals surface area (Å²) >= 11 is 1.24. The lowest BCUT2D eigenvalue weighted by Gasteiger charge is -1.96. The summed E-state index contributed by atoms with van der Waals surface area (Å²) in [5.41, 5.74) is 2.32. The number of aromatic hydroxyl groups is 1. The Bertz CT molecular complexity index is 748. The first-order valence-corrected chi connectivity index (χ1v) is 7.15. The van der Waals surface area contributed by atoms with Crippen LogP contribution in [0.25, 0.3) is 10.9 Å². The standard InChI is InChI=1S/C13H12N4O2S/c1-2-7-3-4-9-8(5-7)11(12(19)14-9)16-17-13-15-10(18)6-20-13/h3-5,14,19H,2,6H2,1H3. The van der Waals surface area contributed by atoms with Gasteiger partial charge in [-0.25, -0.2) is 0 Å². The number of nitrogens with zero attached hydrogens (tertiary/aromatic N) is 3. The maximum Gasteiger partial charge on any atom is 0.258 e. The van der Waals surface area contributed by atoms with E-state index in [1.54, 1.807) is 0 Å². The quantitative estimate of drug-likeness (QED) is 0.832. The molecule has 1 aliphatic rings. The number of rotatable bonds is 2. The van der Waals surface area contributed by atoms with Crippen molar-refractivity contribution in [3.8, 4) is 5.88 Å². The number of fused-ring (bicyclic) bond motifs is 1. The summed E-state index contributed by atoms with van der Waals surface area (Å²) in [5, 5.41) is 19.0. The number of hydrogen-bond donors (Lipinski definition) is 2. The number of carbonyl (C=O) groups excluding carboxylic acids is 1. The van der Waals surface area contributed by atoms with Crippen LogP contribution in [0.15, 0.2) is 33.4 Å². The molecule has 2 aromatic rings. The number of azo groups is 1. The van der Waals surface area contributed by atoms with Crippen molar-refractivity contribution in [2.45, 2.75) is 13.3 Å². The van der Waals surface area contributed by atoms with Crippen molar-refractivity contribution in [2.24, 2.45) is 15.2 Å². The second-order valence-electron chi connectivity index (χ2n) is 4.33. The molecule has 6 nitrogen and oxygen atoms in total. The lowest BCUT2D eigenvalue weighted by atomic mass is 10.1. The summed E-state index contributed by atoms with van der Waals surface area (Å²) < 4.78 is 0. The molecule has 20 heavy (non-hydrogen) atoms. The number of carbonyl (C=O) groups is 1. The highest BCUT2D eigenvalue weighted by Gasteiger charge is 2.15. The SMILES string of the molecule is CCc1ccc2[nH]c(O)c(N=NC3=NC(=O)CS3)c2c1. The molecule has 0 atom stereocenters. The van der Waals surface area contributed by atoms with Gasteiger partial charge < -0.3 is 10.1 Å². The van der Waals surface area contributed by atoms with Gasteiger partial charge in [0.2, 0.25) is 11.0 Å². The molecule has 7 heteroatoms. The van der Waals surface area contributed by atoms with E-state index in [1.165, 1.54) is 11.8 Å². The molecule has 1 aromatic carbocycles. The van der Waals surface area contributed by atoms with E-state index in [9.17, 15) is 9.90 Å². The van der Waals surface area contributed by atoms with Crippen LogP contribution in [0.2, 0.25) is 0 Å². The van der Waals surface area contributed by atoms with Crippen molar-refractivity contribution < 1.29 is 9.90 Å². The van der Waals surface area contributed by atoms with Crippen molar-refractivity contribution in [3.05, 3.63) is 23.8 Å². The fraction of sp³-hybridized carbons (Fsp3) is 0.231. The summed E-state index contributed by atoms with van der Waals surface area (Å²) in [6, 6.07) is 5.86. The van der Waals surface area contributed by atoms with Gasteiger partial charge in [0.1, 0.15) is 0 Å². The van der Waals surface area contributed by atoms with Gasteiger partial charge in [0.25, 0.3) is 5.91 Å².